The Hall–Kier alpha value is -0.960. The van der Waals surface area contributed by atoms with Crippen molar-refractivity contribution in [1.82, 2.24) is 0 Å². The Morgan fingerprint density at radius 2 is 2.00 bits per heavy atom. The van der Waals surface area contributed by atoms with Gasteiger partial charge in [-0.05, 0) is 37.8 Å². The summed E-state index contributed by atoms with van der Waals surface area (Å²) in [5, 5.41) is 0. The summed E-state index contributed by atoms with van der Waals surface area (Å²) in [6.45, 7) is 2.01. The summed E-state index contributed by atoms with van der Waals surface area (Å²) in [7, 11) is -1.20. The number of hydrogen-bond donors (Lipinski definition) is 0. The van der Waals surface area contributed by atoms with Crippen molar-refractivity contribution in [2.75, 3.05) is 0 Å². The van der Waals surface area contributed by atoms with Crippen LogP contribution in [0.2, 0.25) is 0 Å². The van der Waals surface area contributed by atoms with Gasteiger partial charge in [0.25, 0.3) is 0 Å². The smallest absolute Gasteiger partial charge is 0.172 e. The summed E-state index contributed by atoms with van der Waals surface area (Å²) in [5.41, 5.74) is 1.18. The van der Waals surface area contributed by atoms with E-state index in [1.54, 1.807) is 0 Å². The fourth-order valence-corrected chi connectivity index (χ4v) is 1.88. The monoisotopic (exact) mass is 207 g/mol. The molecule has 0 N–H and O–H groups in total. The van der Waals surface area contributed by atoms with Gasteiger partial charge in [0.1, 0.15) is 0 Å². The molecule has 14 heavy (non-hydrogen) atoms. The third-order valence-corrected chi connectivity index (χ3v) is 3.20. The Morgan fingerprint density at radius 3 is 2.57 bits per heavy atom. The van der Waals surface area contributed by atoms with E-state index in [-0.39, 0.29) is 0 Å². The van der Waals surface area contributed by atoms with E-state index in [4.69, 9.17) is 0 Å². The Bertz CT molecular complexity index is 365. The molecule has 0 radical (unpaired) electrons. The highest BCUT2D eigenvalue weighted by Crippen LogP contribution is 2.26. The fraction of sp³-hybridized carbons (Fsp3) is 0.364. The van der Waals surface area contributed by atoms with Crippen LogP contribution >= 0.6 is 0 Å². The molecule has 0 aromatic heterocycles. The van der Waals surface area contributed by atoms with Crippen LogP contribution in [0.3, 0.4) is 0 Å². The summed E-state index contributed by atoms with van der Waals surface area (Å²) in [6, 6.07) is 7.66. The Kier molecular flexibility index (Phi) is 2.77. The highest BCUT2D eigenvalue weighted by atomic mass is 32.2. The van der Waals surface area contributed by atoms with Gasteiger partial charge in [0.05, 0.1) is 4.90 Å². The van der Waals surface area contributed by atoms with E-state index in [2.05, 4.69) is 4.40 Å². The zero-order chi connectivity index (χ0) is 9.97. The molecule has 3 heteroatoms. The molecule has 1 atom stereocenters. The molecule has 1 aromatic carbocycles. The van der Waals surface area contributed by atoms with E-state index in [0.29, 0.717) is 5.92 Å². The van der Waals surface area contributed by atoms with Gasteiger partial charge in [0.2, 0.25) is 0 Å². The van der Waals surface area contributed by atoms with Gasteiger partial charge in [-0.2, -0.15) is 4.40 Å². The molecule has 1 fully saturated rings. The number of hydrogen-bond acceptors (Lipinski definition) is 1. The second kappa shape index (κ2) is 4.05. The van der Waals surface area contributed by atoms with Crippen LogP contribution < -0.4 is 0 Å². The lowest BCUT2D eigenvalue weighted by Gasteiger charge is -1.96. The Morgan fingerprint density at radius 1 is 1.36 bits per heavy atom. The number of rotatable bonds is 3. The maximum Gasteiger partial charge on any atom is 0.172 e. The third kappa shape index (κ3) is 2.51. The summed E-state index contributed by atoms with van der Waals surface area (Å²) in [5.74, 6) is 0.587. The first-order valence-electron chi connectivity index (χ1n) is 4.78. The molecule has 1 aromatic rings. The molecule has 0 aliphatic heterocycles. The zero-order valence-corrected chi connectivity index (χ0v) is 8.96. The molecule has 1 saturated carbocycles. The van der Waals surface area contributed by atoms with E-state index in [1.165, 1.54) is 18.4 Å². The molecule has 0 bridgehead atoms. The first-order chi connectivity index (χ1) is 6.75. The van der Waals surface area contributed by atoms with Gasteiger partial charge < -0.3 is 0 Å². The van der Waals surface area contributed by atoms with Gasteiger partial charge in [-0.25, -0.2) is 4.21 Å². The van der Waals surface area contributed by atoms with E-state index >= 15 is 0 Å². The van der Waals surface area contributed by atoms with Crippen LogP contribution in [-0.4, -0.2) is 10.4 Å². The summed E-state index contributed by atoms with van der Waals surface area (Å²) in [4.78, 5) is 0.785. The molecule has 0 spiro atoms. The van der Waals surface area contributed by atoms with Gasteiger partial charge in [0.15, 0.2) is 11.0 Å². The highest BCUT2D eigenvalue weighted by molar-refractivity contribution is 7.83. The van der Waals surface area contributed by atoms with Crippen LogP contribution in [-0.2, 0) is 11.0 Å². The maximum absolute atomic E-state index is 11.6. The van der Waals surface area contributed by atoms with Gasteiger partial charge in [-0.1, -0.05) is 17.7 Å². The molecular formula is C11H13NOS. The van der Waals surface area contributed by atoms with Crippen LogP contribution in [0, 0.1) is 12.8 Å². The van der Waals surface area contributed by atoms with Crippen molar-refractivity contribution in [3.05, 3.63) is 29.8 Å². The van der Waals surface area contributed by atoms with Crippen molar-refractivity contribution in [2.24, 2.45) is 10.3 Å². The number of aryl methyl sites for hydroxylation is 1. The number of nitrogens with zero attached hydrogens (tertiary/aromatic N) is 1. The molecular weight excluding hydrogens is 194 g/mol. The molecule has 0 saturated heterocycles. The van der Waals surface area contributed by atoms with Crippen molar-refractivity contribution < 1.29 is 4.21 Å². The maximum atomic E-state index is 11.6. The predicted molar refractivity (Wildman–Crippen MR) is 58.8 cm³/mol. The van der Waals surface area contributed by atoms with E-state index in [0.717, 1.165) is 4.90 Å². The van der Waals surface area contributed by atoms with Crippen molar-refractivity contribution in [3.8, 4) is 0 Å². The summed E-state index contributed by atoms with van der Waals surface area (Å²) >= 11 is 0. The largest absolute Gasteiger partial charge is 0.230 e. The highest BCUT2D eigenvalue weighted by Gasteiger charge is 2.18. The lowest BCUT2D eigenvalue weighted by Crippen LogP contribution is -1.88. The summed E-state index contributed by atoms with van der Waals surface area (Å²) in [6.07, 6.45) is 4.24. The minimum Gasteiger partial charge on any atom is -0.230 e. The molecule has 0 amide bonds. The SMILES string of the molecule is Cc1ccc([S@@](=O)N=CC2CC2)cc1. The van der Waals surface area contributed by atoms with E-state index < -0.39 is 11.0 Å². The second-order valence-corrected chi connectivity index (χ2v) is 4.83. The van der Waals surface area contributed by atoms with Crippen molar-refractivity contribution >= 4 is 17.2 Å². The van der Waals surface area contributed by atoms with Gasteiger partial charge in [0, 0.05) is 6.21 Å². The normalized spacial score (nSPS) is 18.6. The zero-order valence-electron chi connectivity index (χ0n) is 8.14. The Balaban J connectivity index is 2.06. The minimum atomic E-state index is -1.20. The van der Waals surface area contributed by atoms with Crippen molar-refractivity contribution in [3.63, 3.8) is 0 Å². The minimum absolute atomic E-state index is 0.587. The lowest BCUT2D eigenvalue weighted by atomic mass is 10.2. The van der Waals surface area contributed by atoms with Gasteiger partial charge in [-0.15, -0.1) is 0 Å². The average molecular weight is 207 g/mol. The Labute approximate surface area is 86.7 Å². The van der Waals surface area contributed by atoms with Crippen LogP contribution in [0.4, 0.5) is 0 Å². The van der Waals surface area contributed by atoms with Crippen molar-refractivity contribution in [2.45, 2.75) is 24.7 Å². The molecule has 2 nitrogen and oxygen atoms in total. The topological polar surface area (TPSA) is 29.4 Å². The summed E-state index contributed by atoms with van der Waals surface area (Å²) < 4.78 is 15.6. The molecule has 74 valence electrons. The predicted octanol–water partition coefficient (Wildman–Crippen LogP) is 2.50. The first-order valence-corrected chi connectivity index (χ1v) is 5.89. The van der Waals surface area contributed by atoms with Gasteiger partial charge in [-0.3, -0.25) is 0 Å². The van der Waals surface area contributed by atoms with Crippen LogP contribution in [0.15, 0.2) is 33.6 Å². The molecule has 0 unspecified atom stereocenters. The van der Waals surface area contributed by atoms with Crippen LogP contribution in [0.1, 0.15) is 18.4 Å². The quantitative estimate of drug-likeness (QED) is 0.700. The van der Waals surface area contributed by atoms with Gasteiger partial charge >= 0.3 is 0 Å². The number of benzene rings is 1. The molecule has 1 aliphatic rings. The van der Waals surface area contributed by atoms with Crippen molar-refractivity contribution in [1.29, 1.82) is 0 Å². The average Bonchev–Trinajstić information content (AvgIpc) is 2.99. The van der Waals surface area contributed by atoms with Crippen LogP contribution in [0.25, 0.3) is 0 Å². The second-order valence-electron chi connectivity index (χ2n) is 3.65. The standard InChI is InChI=1S/C11H13NOS/c1-9-2-6-11(7-3-9)14(13)12-8-10-4-5-10/h2-3,6-8,10H,4-5H2,1H3/t14-/m1/s1. The molecule has 2 rings (SSSR count). The first kappa shape index (κ1) is 9.59. The van der Waals surface area contributed by atoms with E-state index in [1.807, 2.05) is 37.4 Å². The third-order valence-electron chi connectivity index (χ3n) is 2.21. The molecule has 1 aliphatic carbocycles. The van der Waals surface area contributed by atoms with Crippen LogP contribution in [0.5, 0.6) is 0 Å². The lowest BCUT2D eigenvalue weighted by molar-refractivity contribution is 0.684. The fourth-order valence-electron chi connectivity index (χ4n) is 1.10. The van der Waals surface area contributed by atoms with E-state index in [9.17, 15) is 4.21 Å². The molecule has 0 heterocycles.